The lowest BCUT2D eigenvalue weighted by Gasteiger charge is -2.30. The van der Waals surface area contributed by atoms with E-state index in [1.165, 1.54) is 19.1 Å². The Bertz CT molecular complexity index is 1490. The van der Waals surface area contributed by atoms with Gasteiger partial charge in [0.05, 0.1) is 24.1 Å². The monoisotopic (exact) mass is 512 g/mol. The summed E-state index contributed by atoms with van der Waals surface area (Å²) in [5, 5.41) is 6.03. The Morgan fingerprint density at radius 1 is 0.974 bits per heavy atom. The standard InChI is InChI=1S/C29H25FN4O4/c1-16-24-25(27(37)34(26(24)36)21-13-11-20(12-14-21)31-17(2)35)29(32-16)22-5-3-4-6-23(22)33(28(29)38)15-18-7-9-19(30)10-8-18/h3-14,16,24-25,32H,15H2,1-2H3,(H,31,35). The molecular formula is C29H25FN4O4. The Morgan fingerprint density at radius 3 is 2.34 bits per heavy atom. The molecule has 3 aliphatic rings. The number of benzene rings is 3. The Hall–Kier alpha value is -4.37. The molecule has 4 amide bonds. The third kappa shape index (κ3) is 3.39. The molecule has 3 heterocycles. The maximum Gasteiger partial charge on any atom is 0.253 e. The summed E-state index contributed by atoms with van der Waals surface area (Å²) < 4.78 is 13.5. The van der Waals surface area contributed by atoms with Gasteiger partial charge in [-0.2, -0.15) is 0 Å². The number of fused-ring (bicyclic) bond motifs is 4. The molecule has 3 aliphatic heterocycles. The molecule has 6 rings (SSSR count). The lowest BCUT2D eigenvalue weighted by atomic mass is 9.76. The number of nitrogens with zero attached hydrogens (tertiary/aromatic N) is 2. The number of halogens is 1. The molecule has 0 aliphatic carbocycles. The van der Waals surface area contributed by atoms with Crippen molar-refractivity contribution in [3.05, 3.63) is 89.7 Å². The summed E-state index contributed by atoms with van der Waals surface area (Å²) in [5.41, 5.74) is 1.56. The smallest absolute Gasteiger partial charge is 0.253 e. The number of anilines is 3. The van der Waals surface area contributed by atoms with Crippen LogP contribution in [0.4, 0.5) is 21.5 Å². The van der Waals surface area contributed by atoms with Crippen LogP contribution < -0.4 is 20.4 Å². The van der Waals surface area contributed by atoms with Crippen molar-refractivity contribution in [1.29, 1.82) is 0 Å². The van der Waals surface area contributed by atoms with E-state index in [4.69, 9.17) is 0 Å². The Kier molecular flexibility index (Phi) is 5.43. The van der Waals surface area contributed by atoms with Crippen LogP contribution in [-0.2, 0) is 31.3 Å². The van der Waals surface area contributed by atoms with E-state index < -0.39 is 29.3 Å². The van der Waals surface area contributed by atoms with E-state index in [1.807, 2.05) is 31.2 Å². The van der Waals surface area contributed by atoms with Crippen molar-refractivity contribution < 1.29 is 23.6 Å². The van der Waals surface area contributed by atoms with Crippen LogP contribution in [0.15, 0.2) is 72.8 Å². The largest absolute Gasteiger partial charge is 0.326 e. The zero-order valence-corrected chi connectivity index (χ0v) is 20.8. The molecule has 38 heavy (non-hydrogen) atoms. The summed E-state index contributed by atoms with van der Waals surface area (Å²) in [6.45, 7) is 3.41. The highest BCUT2D eigenvalue weighted by atomic mass is 19.1. The highest BCUT2D eigenvalue weighted by Gasteiger charge is 2.71. The molecule has 3 aromatic carbocycles. The number of imide groups is 1. The highest BCUT2D eigenvalue weighted by molar-refractivity contribution is 6.26. The van der Waals surface area contributed by atoms with Crippen molar-refractivity contribution in [2.45, 2.75) is 32.0 Å². The van der Waals surface area contributed by atoms with Crippen LogP contribution >= 0.6 is 0 Å². The first-order valence-corrected chi connectivity index (χ1v) is 12.4. The van der Waals surface area contributed by atoms with Gasteiger partial charge in [0.15, 0.2) is 0 Å². The van der Waals surface area contributed by atoms with Crippen LogP contribution in [0, 0.1) is 17.7 Å². The fourth-order valence-corrected chi connectivity index (χ4v) is 6.19. The molecule has 3 aromatic rings. The molecule has 4 unspecified atom stereocenters. The molecule has 8 nitrogen and oxygen atoms in total. The predicted molar refractivity (Wildman–Crippen MR) is 139 cm³/mol. The van der Waals surface area contributed by atoms with Crippen LogP contribution in [0.3, 0.4) is 0 Å². The average molecular weight is 513 g/mol. The van der Waals surface area contributed by atoms with Crippen LogP contribution in [0.25, 0.3) is 0 Å². The normalized spacial score (nSPS) is 25.8. The summed E-state index contributed by atoms with van der Waals surface area (Å²) in [4.78, 5) is 56.1. The second-order valence-corrected chi connectivity index (χ2v) is 10.0. The molecular weight excluding hydrogens is 487 g/mol. The van der Waals surface area contributed by atoms with E-state index in [0.29, 0.717) is 22.6 Å². The summed E-state index contributed by atoms with van der Waals surface area (Å²) in [6, 6.07) is 19.3. The van der Waals surface area contributed by atoms with Gasteiger partial charge in [0.25, 0.3) is 5.91 Å². The molecule has 192 valence electrons. The zero-order valence-electron chi connectivity index (χ0n) is 20.8. The van der Waals surface area contributed by atoms with E-state index in [0.717, 1.165) is 10.5 Å². The zero-order chi connectivity index (χ0) is 26.8. The first-order chi connectivity index (χ1) is 18.2. The summed E-state index contributed by atoms with van der Waals surface area (Å²) in [7, 11) is 0. The second kappa shape index (κ2) is 8.59. The molecule has 4 atom stereocenters. The first-order valence-electron chi connectivity index (χ1n) is 12.4. The van der Waals surface area contributed by atoms with E-state index >= 15 is 0 Å². The van der Waals surface area contributed by atoms with Crippen LogP contribution in [0.2, 0.25) is 0 Å². The fraction of sp³-hybridized carbons (Fsp3) is 0.241. The SMILES string of the molecule is CC(=O)Nc1ccc(N2C(=O)C3C(C)NC4(C(=O)N(Cc5ccc(F)cc5)c5ccccc54)C3C2=O)cc1. The number of hydrogen-bond donors (Lipinski definition) is 2. The van der Waals surface area contributed by atoms with Gasteiger partial charge in [-0.1, -0.05) is 30.3 Å². The van der Waals surface area contributed by atoms with Crippen molar-refractivity contribution >= 4 is 40.7 Å². The quantitative estimate of drug-likeness (QED) is 0.523. The molecule has 1 spiro atoms. The minimum atomic E-state index is -1.40. The van der Waals surface area contributed by atoms with Gasteiger partial charge in [0, 0.05) is 29.9 Å². The van der Waals surface area contributed by atoms with Gasteiger partial charge in [-0.25, -0.2) is 9.29 Å². The third-order valence-corrected chi connectivity index (χ3v) is 7.71. The maximum atomic E-state index is 14.3. The molecule has 9 heteroatoms. The molecule has 0 saturated carbocycles. The Labute approximate surface area is 218 Å². The molecule has 0 radical (unpaired) electrons. The summed E-state index contributed by atoms with van der Waals surface area (Å²) >= 11 is 0. The van der Waals surface area contributed by atoms with Crippen LogP contribution in [0.5, 0.6) is 0 Å². The predicted octanol–water partition coefficient (Wildman–Crippen LogP) is 3.32. The number of para-hydroxylation sites is 1. The Morgan fingerprint density at radius 2 is 1.66 bits per heavy atom. The fourth-order valence-electron chi connectivity index (χ4n) is 6.19. The van der Waals surface area contributed by atoms with Gasteiger partial charge in [-0.05, 0) is 55.0 Å². The first kappa shape index (κ1) is 24.0. The average Bonchev–Trinajstić information content (AvgIpc) is 3.44. The summed E-state index contributed by atoms with van der Waals surface area (Å²) in [5.74, 6) is -3.40. The number of carbonyl (C=O) groups excluding carboxylic acids is 4. The maximum absolute atomic E-state index is 14.3. The van der Waals surface area contributed by atoms with Gasteiger partial charge in [-0.3, -0.25) is 24.5 Å². The second-order valence-electron chi connectivity index (χ2n) is 10.0. The van der Waals surface area contributed by atoms with Gasteiger partial charge in [-0.15, -0.1) is 0 Å². The van der Waals surface area contributed by atoms with Crippen molar-refractivity contribution in [1.82, 2.24) is 5.32 Å². The topological polar surface area (TPSA) is 98.8 Å². The minimum absolute atomic E-state index is 0.196. The van der Waals surface area contributed by atoms with Crippen LogP contribution in [-0.4, -0.2) is 29.7 Å². The van der Waals surface area contributed by atoms with Gasteiger partial charge >= 0.3 is 0 Å². The van der Waals surface area contributed by atoms with Crippen LogP contribution in [0.1, 0.15) is 25.0 Å². The van der Waals surface area contributed by atoms with Crippen molar-refractivity contribution in [3.63, 3.8) is 0 Å². The number of carbonyl (C=O) groups is 4. The lowest BCUT2D eigenvalue weighted by molar-refractivity contribution is -0.132. The van der Waals surface area contributed by atoms with E-state index in [2.05, 4.69) is 10.6 Å². The van der Waals surface area contributed by atoms with Gasteiger partial charge in [0.2, 0.25) is 17.7 Å². The third-order valence-electron chi connectivity index (χ3n) is 7.71. The van der Waals surface area contributed by atoms with Gasteiger partial charge < -0.3 is 10.2 Å². The highest BCUT2D eigenvalue weighted by Crippen LogP contribution is 2.55. The lowest BCUT2D eigenvalue weighted by Crippen LogP contribution is -2.54. The molecule has 2 saturated heterocycles. The van der Waals surface area contributed by atoms with Crippen molar-refractivity contribution in [3.8, 4) is 0 Å². The van der Waals surface area contributed by atoms with E-state index in [1.54, 1.807) is 41.3 Å². The molecule has 2 fully saturated rings. The Balaban J connectivity index is 1.40. The van der Waals surface area contributed by atoms with Crippen molar-refractivity contribution in [2.24, 2.45) is 11.8 Å². The molecule has 0 bridgehead atoms. The number of rotatable bonds is 4. The minimum Gasteiger partial charge on any atom is -0.326 e. The number of nitrogens with one attached hydrogen (secondary N) is 2. The van der Waals surface area contributed by atoms with E-state index in [9.17, 15) is 23.6 Å². The number of amides is 4. The molecule has 0 aromatic heterocycles. The van der Waals surface area contributed by atoms with Crippen molar-refractivity contribution in [2.75, 3.05) is 15.1 Å². The van der Waals surface area contributed by atoms with Gasteiger partial charge in [0.1, 0.15) is 11.4 Å². The number of hydrogen-bond acceptors (Lipinski definition) is 5. The molecule has 2 N–H and O–H groups in total. The van der Waals surface area contributed by atoms with E-state index in [-0.39, 0.29) is 30.1 Å². The summed E-state index contributed by atoms with van der Waals surface area (Å²) in [6.07, 6.45) is 0.